The van der Waals surface area contributed by atoms with Crippen LogP contribution in [0.2, 0.25) is 0 Å². The first-order valence-corrected chi connectivity index (χ1v) is 8.14. The molecule has 0 amide bonds. The van der Waals surface area contributed by atoms with Crippen molar-refractivity contribution in [1.29, 1.82) is 0 Å². The predicted molar refractivity (Wildman–Crippen MR) is 74.8 cm³/mol. The first-order valence-electron chi connectivity index (χ1n) is 6.49. The molecule has 2 rings (SSSR count). The lowest BCUT2D eigenvalue weighted by Crippen LogP contribution is -2.34. The van der Waals surface area contributed by atoms with Crippen molar-refractivity contribution in [3.8, 4) is 5.75 Å². The van der Waals surface area contributed by atoms with E-state index in [-0.39, 0.29) is 11.8 Å². The molecule has 2 N–H and O–H groups in total. The fourth-order valence-corrected chi connectivity index (χ4v) is 3.50. The van der Waals surface area contributed by atoms with Gasteiger partial charge in [0.25, 0.3) is 0 Å². The summed E-state index contributed by atoms with van der Waals surface area (Å²) in [5.74, 6) is 0.921. The summed E-state index contributed by atoms with van der Waals surface area (Å²) in [4.78, 5) is 0. The summed E-state index contributed by atoms with van der Waals surface area (Å²) in [7, 11) is -1.43. The molecule has 19 heavy (non-hydrogen) atoms. The molecule has 1 aliphatic rings. The summed E-state index contributed by atoms with van der Waals surface area (Å²) < 4.78 is 32.3. The molecular formula is C13H20N2O3S. The van der Waals surface area contributed by atoms with Gasteiger partial charge in [-0.05, 0) is 26.1 Å². The zero-order chi connectivity index (χ0) is 13.7. The second kappa shape index (κ2) is 6.36. The summed E-state index contributed by atoms with van der Waals surface area (Å²) in [6, 6.07) is 7.40. The number of rotatable bonds is 6. The number of hydrogen-bond donors (Lipinski definition) is 2. The van der Waals surface area contributed by atoms with E-state index in [4.69, 9.17) is 4.74 Å². The molecule has 1 aromatic carbocycles. The van der Waals surface area contributed by atoms with E-state index in [1.54, 1.807) is 0 Å². The van der Waals surface area contributed by atoms with Gasteiger partial charge in [0.2, 0.25) is 10.0 Å². The summed E-state index contributed by atoms with van der Waals surface area (Å²) in [5.41, 5.74) is 0.922. The molecule has 1 heterocycles. The van der Waals surface area contributed by atoms with Crippen molar-refractivity contribution in [1.82, 2.24) is 10.0 Å². The summed E-state index contributed by atoms with van der Waals surface area (Å²) >= 11 is 0. The van der Waals surface area contributed by atoms with Crippen LogP contribution in [0.1, 0.15) is 24.4 Å². The molecule has 5 nitrogen and oxygen atoms in total. The van der Waals surface area contributed by atoms with Crippen LogP contribution in [0.3, 0.4) is 0 Å². The van der Waals surface area contributed by atoms with Crippen LogP contribution in [0.4, 0.5) is 0 Å². The second-order valence-electron chi connectivity index (χ2n) is 4.62. The Balaban J connectivity index is 2.04. The van der Waals surface area contributed by atoms with Gasteiger partial charge in [-0.15, -0.1) is 0 Å². The van der Waals surface area contributed by atoms with Crippen LogP contribution in [0.15, 0.2) is 24.3 Å². The molecule has 0 bridgehead atoms. The van der Waals surface area contributed by atoms with Gasteiger partial charge in [-0.1, -0.05) is 18.2 Å². The van der Waals surface area contributed by atoms with Crippen LogP contribution in [-0.2, 0) is 10.0 Å². The fourth-order valence-electron chi connectivity index (χ4n) is 2.18. The number of hydrogen-bond acceptors (Lipinski definition) is 4. The highest BCUT2D eigenvalue weighted by Crippen LogP contribution is 2.31. The monoisotopic (exact) mass is 284 g/mol. The highest BCUT2D eigenvalue weighted by atomic mass is 32.2. The van der Waals surface area contributed by atoms with Gasteiger partial charge < -0.3 is 10.1 Å². The maximum Gasteiger partial charge on any atom is 0.212 e. The first kappa shape index (κ1) is 14.3. The number of ether oxygens (including phenoxy) is 1. The number of sulfonamides is 1. The number of para-hydroxylation sites is 1. The number of benzene rings is 1. The minimum atomic E-state index is -3.24. The molecule has 6 heteroatoms. The Morgan fingerprint density at radius 2 is 2.16 bits per heavy atom. The Kier molecular flexibility index (Phi) is 4.79. The van der Waals surface area contributed by atoms with Crippen molar-refractivity contribution in [2.75, 3.05) is 26.0 Å². The molecule has 0 saturated carbocycles. The van der Waals surface area contributed by atoms with Crippen molar-refractivity contribution in [2.24, 2.45) is 0 Å². The van der Waals surface area contributed by atoms with E-state index < -0.39 is 10.0 Å². The zero-order valence-electron chi connectivity index (χ0n) is 11.1. The Morgan fingerprint density at radius 1 is 1.37 bits per heavy atom. The lowest BCUT2D eigenvalue weighted by atomic mass is 10.0. The van der Waals surface area contributed by atoms with Crippen molar-refractivity contribution in [2.45, 2.75) is 18.9 Å². The number of nitrogens with one attached hydrogen (secondary N) is 2. The summed E-state index contributed by atoms with van der Waals surface area (Å²) in [5, 5.41) is 2.95. The summed E-state index contributed by atoms with van der Waals surface area (Å²) in [6.45, 7) is 1.24. The smallest absolute Gasteiger partial charge is 0.212 e. The average molecular weight is 284 g/mol. The van der Waals surface area contributed by atoms with Crippen molar-refractivity contribution >= 4 is 10.0 Å². The second-order valence-corrected chi connectivity index (χ2v) is 6.49. The van der Waals surface area contributed by atoms with E-state index >= 15 is 0 Å². The highest BCUT2D eigenvalue weighted by molar-refractivity contribution is 7.89. The topological polar surface area (TPSA) is 67.4 Å². The number of fused-ring (bicyclic) bond motifs is 1. The van der Waals surface area contributed by atoms with Gasteiger partial charge in [0.15, 0.2) is 0 Å². The van der Waals surface area contributed by atoms with Crippen molar-refractivity contribution in [3.05, 3.63) is 29.8 Å². The molecule has 0 radical (unpaired) electrons. The van der Waals surface area contributed by atoms with Crippen LogP contribution < -0.4 is 14.8 Å². The molecule has 0 saturated heterocycles. The van der Waals surface area contributed by atoms with Crippen molar-refractivity contribution in [3.63, 3.8) is 0 Å². The fraction of sp³-hybridized carbons (Fsp3) is 0.538. The lowest BCUT2D eigenvalue weighted by molar-refractivity contribution is 0.263. The molecule has 0 spiro atoms. The molecule has 1 aliphatic heterocycles. The normalized spacial score (nSPS) is 18.7. The third-order valence-corrected chi connectivity index (χ3v) is 4.59. The maximum atomic E-state index is 12.0. The van der Waals surface area contributed by atoms with Crippen LogP contribution in [0.5, 0.6) is 5.75 Å². The molecule has 0 aliphatic carbocycles. The van der Waals surface area contributed by atoms with E-state index in [0.29, 0.717) is 26.0 Å². The molecule has 0 fully saturated rings. The van der Waals surface area contributed by atoms with Crippen LogP contribution in [-0.4, -0.2) is 34.4 Å². The van der Waals surface area contributed by atoms with Gasteiger partial charge in [0.1, 0.15) is 5.75 Å². The standard InChI is InChI=1S/C13H20N2O3S/c1-14-8-4-10-19(16,17)15-12-7-9-18-13-6-3-2-5-11(12)13/h2-3,5-6,12,14-15H,4,7-10H2,1H3. The van der Waals surface area contributed by atoms with Gasteiger partial charge in [-0.3, -0.25) is 0 Å². The third-order valence-electron chi connectivity index (χ3n) is 3.12. The largest absolute Gasteiger partial charge is 0.493 e. The highest BCUT2D eigenvalue weighted by Gasteiger charge is 2.25. The van der Waals surface area contributed by atoms with E-state index in [2.05, 4.69) is 10.0 Å². The Morgan fingerprint density at radius 3 is 2.95 bits per heavy atom. The lowest BCUT2D eigenvalue weighted by Gasteiger charge is -2.26. The van der Waals surface area contributed by atoms with Crippen LogP contribution in [0.25, 0.3) is 0 Å². The quantitative estimate of drug-likeness (QED) is 0.766. The van der Waals surface area contributed by atoms with Crippen LogP contribution in [0, 0.1) is 0 Å². The summed E-state index contributed by atoms with van der Waals surface area (Å²) in [6.07, 6.45) is 1.28. The predicted octanol–water partition coefficient (Wildman–Crippen LogP) is 1.04. The first-order chi connectivity index (χ1) is 9.12. The molecule has 1 atom stereocenters. The van der Waals surface area contributed by atoms with Gasteiger partial charge in [-0.25, -0.2) is 13.1 Å². The van der Waals surface area contributed by atoms with E-state index in [9.17, 15) is 8.42 Å². The third kappa shape index (κ3) is 3.92. The Bertz CT molecular complexity index is 516. The molecule has 0 aromatic heterocycles. The van der Waals surface area contributed by atoms with Gasteiger partial charge >= 0.3 is 0 Å². The van der Waals surface area contributed by atoms with Crippen LogP contribution >= 0.6 is 0 Å². The molecule has 1 aromatic rings. The molecule has 106 valence electrons. The Labute approximate surface area is 114 Å². The van der Waals surface area contributed by atoms with E-state index in [1.165, 1.54) is 0 Å². The minimum absolute atomic E-state index is 0.146. The Hall–Kier alpha value is -1.11. The molecule has 1 unspecified atom stereocenters. The van der Waals surface area contributed by atoms with Gasteiger partial charge in [0, 0.05) is 12.0 Å². The maximum absolute atomic E-state index is 12.0. The zero-order valence-corrected chi connectivity index (χ0v) is 11.9. The van der Waals surface area contributed by atoms with Gasteiger partial charge in [0.05, 0.1) is 18.4 Å². The molecular weight excluding hydrogens is 264 g/mol. The average Bonchev–Trinajstić information content (AvgIpc) is 2.39. The van der Waals surface area contributed by atoms with Crippen molar-refractivity contribution < 1.29 is 13.2 Å². The van der Waals surface area contributed by atoms with E-state index in [0.717, 1.165) is 11.3 Å². The van der Waals surface area contributed by atoms with Gasteiger partial charge in [-0.2, -0.15) is 0 Å². The minimum Gasteiger partial charge on any atom is -0.493 e. The van der Waals surface area contributed by atoms with E-state index in [1.807, 2.05) is 31.3 Å². The SMILES string of the molecule is CNCCCS(=O)(=O)NC1CCOc2ccccc21.